The van der Waals surface area contributed by atoms with Gasteiger partial charge in [-0.25, -0.2) is 0 Å². The molecule has 0 saturated heterocycles. The SMILES string of the molecule is c1ccc(-c2ccccc2N(c2cccc(C3(c4ccccc4)c4ccccc4-c4ccccc43)c2)c2ccccc2-c2cccc3cccc(-c4ccccc4)c23)cc1. The molecule has 0 saturated carbocycles. The molecule has 10 aromatic carbocycles. The zero-order valence-electron chi connectivity index (χ0n) is 33.1. The Morgan fingerprint density at radius 2 is 0.717 bits per heavy atom. The summed E-state index contributed by atoms with van der Waals surface area (Å²) in [5, 5.41) is 2.45. The van der Waals surface area contributed by atoms with Crippen LogP contribution in [0.15, 0.2) is 249 Å². The first-order valence-electron chi connectivity index (χ1n) is 20.8. The van der Waals surface area contributed by atoms with Crippen LogP contribution in [-0.4, -0.2) is 0 Å². The first-order valence-corrected chi connectivity index (χ1v) is 20.8. The maximum atomic E-state index is 2.50. The Morgan fingerprint density at radius 1 is 0.283 bits per heavy atom. The topological polar surface area (TPSA) is 3.24 Å². The van der Waals surface area contributed by atoms with Crippen molar-refractivity contribution < 1.29 is 0 Å². The first kappa shape index (κ1) is 35.4. The lowest BCUT2D eigenvalue weighted by Crippen LogP contribution is -2.28. The Balaban J connectivity index is 1.21. The molecule has 0 fully saturated rings. The van der Waals surface area contributed by atoms with E-state index in [0.717, 1.165) is 28.2 Å². The Labute approximate surface area is 352 Å². The van der Waals surface area contributed by atoms with Gasteiger partial charge in [0.15, 0.2) is 0 Å². The highest BCUT2D eigenvalue weighted by atomic mass is 15.1. The van der Waals surface area contributed by atoms with E-state index in [9.17, 15) is 0 Å². The number of fused-ring (bicyclic) bond motifs is 4. The Bertz CT molecular complexity index is 3100. The number of nitrogens with zero attached hydrogens (tertiary/aromatic N) is 1. The predicted molar refractivity (Wildman–Crippen MR) is 252 cm³/mol. The van der Waals surface area contributed by atoms with Crippen molar-refractivity contribution in [3.63, 3.8) is 0 Å². The van der Waals surface area contributed by atoms with Gasteiger partial charge in [-0.15, -0.1) is 0 Å². The Morgan fingerprint density at radius 3 is 1.35 bits per heavy atom. The molecule has 1 aliphatic carbocycles. The van der Waals surface area contributed by atoms with E-state index < -0.39 is 5.41 Å². The van der Waals surface area contributed by atoms with E-state index in [1.54, 1.807) is 0 Å². The number of benzene rings is 10. The normalized spacial score (nSPS) is 12.5. The molecule has 0 aliphatic heterocycles. The third kappa shape index (κ3) is 5.70. The molecule has 1 nitrogen and oxygen atoms in total. The van der Waals surface area contributed by atoms with Gasteiger partial charge in [-0.2, -0.15) is 0 Å². The molecular formula is C59H41N. The van der Waals surface area contributed by atoms with Crippen molar-refractivity contribution in [1.82, 2.24) is 0 Å². The third-order valence-corrected chi connectivity index (χ3v) is 12.4. The molecule has 0 N–H and O–H groups in total. The van der Waals surface area contributed by atoms with Gasteiger partial charge in [0.05, 0.1) is 16.8 Å². The third-order valence-electron chi connectivity index (χ3n) is 12.4. The smallest absolute Gasteiger partial charge is 0.0714 e. The fraction of sp³-hybridized carbons (Fsp3) is 0.0169. The minimum Gasteiger partial charge on any atom is -0.309 e. The van der Waals surface area contributed by atoms with Crippen LogP contribution in [0.2, 0.25) is 0 Å². The van der Waals surface area contributed by atoms with E-state index in [-0.39, 0.29) is 0 Å². The number of para-hydroxylation sites is 2. The van der Waals surface area contributed by atoms with Gasteiger partial charge in [0.25, 0.3) is 0 Å². The molecule has 10 aromatic rings. The molecule has 1 aliphatic rings. The summed E-state index contributed by atoms with van der Waals surface area (Å²) in [6.45, 7) is 0. The molecule has 1 heteroatoms. The number of rotatable bonds is 8. The van der Waals surface area contributed by atoms with Crippen molar-refractivity contribution in [2.24, 2.45) is 0 Å². The lowest BCUT2D eigenvalue weighted by Gasteiger charge is -2.35. The van der Waals surface area contributed by atoms with Crippen LogP contribution >= 0.6 is 0 Å². The highest BCUT2D eigenvalue weighted by molar-refractivity contribution is 6.09. The molecule has 0 heterocycles. The highest BCUT2D eigenvalue weighted by Gasteiger charge is 2.46. The minimum absolute atomic E-state index is 0.533. The van der Waals surface area contributed by atoms with E-state index in [0.29, 0.717) is 0 Å². The molecule has 282 valence electrons. The predicted octanol–water partition coefficient (Wildman–Crippen LogP) is 15.7. The van der Waals surface area contributed by atoms with Crippen LogP contribution in [-0.2, 0) is 5.41 Å². The summed E-state index contributed by atoms with van der Waals surface area (Å²) < 4.78 is 0. The number of hydrogen-bond acceptors (Lipinski definition) is 1. The first-order chi connectivity index (χ1) is 29.8. The number of anilines is 3. The molecule has 0 spiro atoms. The van der Waals surface area contributed by atoms with Crippen molar-refractivity contribution in [3.8, 4) is 44.5 Å². The molecule has 0 unspecified atom stereocenters. The second-order valence-electron chi connectivity index (χ2n) is 15.6. The van der Waals surface area contributed by atoms with Crippen molar-refractivity contribution in [2.45, 2.75) is 5.41 Å². The summed E-state index contributed by atoms with van der Waals surface area (Å²) in [4.78, 5) is 2.50. The molecule has 0 radical (unpaired) electrons. The molecule has 11 rings (SSSR count). The zero-order valence-corrected chi connectivity index (χ0v) is 33.1. The van der Waals surface area contributed by atoms with E-state index in [4.69, 9.17) is 0 Å². The van der Waals surface area contributed by atoms with Crippen LogP contribution in [0.5, 0.6) is 0 Å². The average molecular weight is 764 g/mol. The summed E-state index contributed by atoms with van der Waals surface area (Å²) in [6.07, 6.45) is 0. The molecular weight excluding hydrogens is 723 g/mol. The van der Waals surface area contributed by atoms with Crippen LogP contribution in [0.1, 0.15) is 22.3 Å². The monoisotopic (exact) mass is 763 g/mol. The van der Waals surface area contributed by atoms with Gasteiger partial charge >= 0.3 is 0 Å². The summed E-state index contributed by atoms with van der Waals surface area (Å²) in [6, 6.07) is 91.1. The van der Waals surface area contributed by atoms with Crippen LogP contribution < -0.4 is 4.90 Å². The van der Waals surface area contributed by atoms with Crippen LogP contribution in [0.3, 0.4) is 0 Å². The second-order valence-corrected chi connectivity index (χ2v) is 15.6. The van der Waals surface area contributed by atoms with Crippen LogP contribution in [0.25, 0.3) is 55.3 Å². The summed E-state index contributed by atoms with van der Waals surface area (Å²) in [5.41, 5.74) is 17.5. The second kappa shape index (κ2) is 14.9. The van der Waals surface area contributed by atoms with E-state index >= 15 is 0 Å². The fourth-order valence-corrected chi connectivity index (χ4v) is 9.85. The van der Waals surface area contributed by atoms with Crippen LogP contribution in [0.4, 0.5) is 17.1 Å². The van der Waals surface area contributed by atoms with Crippen molar-refractivity contribution in [2.75, 3.05) is 4.90 Å². The van der Waals surface area contributed by atoms with E-state index in [1.807, 2.05) is 0 Å². The minimum atomic E-state index is -0.533. The van der Waals surface area contributed by atoms with Crippen molar-refractivity contribution >= 4 is 27.8 Å². The maximum absolute atomic E-state index is 2.50. The van der Waals surface area contributed by atoms with Gasteiger partial charge in [-0.05, 0) is 90.7 Å². The summed E-state index contributed by atoms with van der Waals surface area (Å²) in [5.74, 6) is 0. The van der Waals surface area contributed by atoms with E-state index in [2.05, 4.69) is 254 Å². The van der Waals surface area contributed by atoms with Gasteiger partial charge in [0, 0.05) is 16.8 Å². The lowest BCUT2D eigenvalue weighted by atomic mass is 9.67. The Kier molecular flexibility index (Phi) is 8.79. The largest absolute Gasteiger partial charge is 0.309 e. The van der Waals surface area contributed by atoms with Gasteiger partial charge in [-0.1, -0.05) is 224 Å². The van der Waals surface area contributed by atoms with Gasteiger partial charge in [-0.3, -0.25) is 0 Å². The number of hydrogen-bond donors (Lipinski definition) is 0. The quantitative estimate of drug-likeness (QED) is 0.149. The molecule has 0 aromatic heterocycles. The lowest BCUT2D eigenvalue weighted by molar-refractivity contribution is 0.768. The molecule has 60 heavy (non-hydrogen) atoms. The van der Waals surface area contributed by atoms with Gasteiger partial charge in [0.2, 0.25) is 0 Å². The van der Waals surface area contributed by atoms with E-state index in [1.165, 1.54) is 66.4 Å². The van der Waals surface area contributed by atoms with Gasteiger partial charge in [0.1, 0.15) is 0 Å². The molecule has 0 atom stereocenters. The average Bonchev–Trinajstić information content (AvgIpc) is 3.64. The fourth-order valence-electron chi connectivity index (χ4n) is 9.85. The zero-order chi connectivity index (χ0) is 39.9. The molecule has 0 bridgehead atoms. The van der Waals surface area contributed by atoms with Crippen molar-refractivity contribution in [1.29, 1.82) is 0 Å². The Hall–Kier alpha value is -7.74. The van der Waals surface area contributed by atoms with Gasteiger partial charge < -0.3 is 4.90 Å². The standard InChI is InChI=1S/C59H41N/c1-4-21-42(22-5-1)48-31-12-16-39-56(48)60(57-40-17-13-34-52(57)53-36-19-26-44-25-18-35-49(58(44)53)43-23-6-2-7-24-43)47-30-20-29-46(41-47)59(45-27-8-3-9-28-45)54-37-14-10-32-50(54)51-33-11-15-38-55(51)59/h1-41H. The molecule has 0 amide bonds. The van der Waals surface area contributed by atoms with Crippen LogP contribution in [0, 0.1) is 0 Å². The summed E-state index contributed by atoms with van der Waals surface area (Å²) in [7, 11) is 0. The maximum Gasteiger partial charge on any atom is 0.0714 e. The van der Waals surface area contributed by atoms with Crippen molar-refractivity contribution in [3.05, 3.63) is 271 Å². The summed E-state index contributed by atoms with van der Waals surface area (Å²) >= 11 is 0. The highest BCUT2D eigenvalue weighted by Crippen LogP contribution is 2.57.